The molecule has 1 aromatic carbocycles. The molecule has 1 aliphatic heterocycles. The van der Waals surface area contributed by atoms with Crippen molar-refractivity contribution in [3.8, 4) is 17.1 Å². The van der Waals surface area contributed by atoms with Crippen LogP contribution in [-0.2, 0) is 27.7 Å². The second kappa shape index (κ2) is 12.5. The number of ether oxygens (including phenoxy) is 3. The molecular formula is C29H46N4O5Si. The van der Waals surface area contributed by atoms with Crippen molar-refractivity contribution in [3.63, 3.8) is 0 Å². The van der Waals surface area contributed by atoms with Gasteiger partial charge >= 0.3 is 0 Å². The van der Waals surface area contributed by atoms with Crippen LogP contribution < -0.4 is 4.43 Å². The van der Waals surface area contributed by atoms with Crippen LogP contribution in [0.15, 0.2) is 24.4 Å². The normalized spacial score (nSPS) is 17.6. The van der Waals surface area contributed by atoms with E-state index >= 15 is 0 Å². The minimum Gasteiger partial charge on any atom is -0.543 e. The summed E-state index contributed by atoms with van der Waals surface area (Å²) in [5.41, 5.74) is 2.71. The van der Waals surface area contributed by atoms with Crippen molar-refractivity contribution in [3.05, 3.63) is 30.2 Å². The highest BCUT2D eigenvalue weighted by molar-refractivity contribution is 6.74. The van der Waals surface area contributed by atoms with Gasteiger partial charge < -0.3 is 28.3 Å². The number of hydrogen-bond acceptors (Lipinski definition) is 7. The van der Waals surface area contributed by atoms with E-state index in [1.54, 1.807) is 6.92 Å². The Balaban J connectivity index is 1.58. The first-order valence-corrected chi connectivity index (χ1v) is 17.1. The number of nitrogens with zero attached hydrogens (tertiary/aromatic N) is 4. The SMILES string of the molecule is CC(O)COCCOCCc1nc(-c2nn(C3CCCCO3)c3ccc(O[Si](C)(C)C(C)(C)C)cc23)cn1C. The van der Waals surface area contributed by atoms with Crippen LogP contribution in [0.5, 0.6) is 5.75 Å². The molecule has 1 saturated heterocycles. The second-order valence-corrected chi connectivity index (χ2v) is 16.8. The molecule has 0 radical (unpaired) electrons. The third-order valence-corrected chi connectivity index (χ3v) is 12.1. The van der Waals surface area contributed by atoms with Crippen molar-refractivity contribution < 1.29 is 23.7 Å². The van der Waals surface area contributed by atoms with Gasteiger partial charge in [-0.1, -0.05) is 20.8 Å². The Hall–Kier alpha value is -2.24. The van der Waals surface area contributed by atoms with Gasteiger partial charge in [0.25, 0.3) is 0 Å². The molecule has 3 aromatic rings. The second-order valence-electron chi connectivity index (χ2n) is 12.1. The van der Waals surface area contributed by atoms with Gasteiger partial charge in [-0.05, 0) is 62.5 Å². The maximum absolute atomic E-state index is 9.27. The number of imidazole rings is 1. The lowest BCUT2D eigenvalue weighted by atomic mass is 10.1. The largest absolute Gasteiger partial charge is 0.543 e. The number of aliphatic hydroxyl groups excluding tert-OH is 1. The fourth-order valence-electron chi connectivity index (χ4n) is 4.44. The topological polar surface area (TPSA) is 92.8 Å². The summed E-state index contributed by atoms with van der Waals surface area (Å²) in [6.07, 6.45) is 5.35. The van der Waals surface area contributed by atoms with Gasteiger partial charge in [0.05, 0.1) is 38.0 Å². The molecule has 2 unspecified atom stereocenters. The van der Waals surface area contributed by atoms with E-state index in [4.69, 9.17) is 28.7 Å². The highest BCUT2D eigenvalue weighted by atomic mass is 28.4. The highest BCUT2D eigenvalue weighted by Gasteiger charge is 2.39. The summed E-state index contributed by atoms with van der Waals surface area (Å²) in [6, 6.07) is 6.31. The number of benzene rings is 1. The summed E-state index contributed by atoms with van der Waals surface area (Å²) in [4.78, 5) is 4.96. The minimum absolute atomic E-state index is 0.0743. The van der Waals surface area contributed by atoms with Crippen LogP contribution in [0.1, 0.15) is 59.0 Å². The van der Waals surface area contributed by atoms with Crippen LogP contribution in [0.4, 0.5) is 0 Å². The first kappa shape index (κ1) is 29.7. The molecular weight excluding hydrogens is 512 g/mol. The molecule has 1 fully saturated rings. The van der Waals surface area contributed by atoms with Crippen molar-refractivity contribution >= 4 is 19.2 Å². The summed E-state index contributed by atoms with van der Waals surface area (Å²) in [6.45, 7) is 15.6. The number of aryl methyl sites for hydroxylation is 1. The molecule has 0 amide bonds. The molecule has 2 aromatic heterocycles. The standard InChI is InChI=1S/C29H46N4O5Si/c1-21(34)20-36-17-16-35-15-13-26-30-24(19-32(26)5)28-23-18-22(38-39(6,7)29(2,3)4)11-12-25(23)33(31-28)27-10-8-9-14-37-27/h11-12,18-19,21,27,34H,8-10,13-17,20H2,1-7H3. The zero-order valence-corrected chi connectivity index (χ0v) is 25.7. The third kappa shape index (κ3) is 7.29. The van der Waals surface area contributed by atoms with Gasteiger partial charge in [0.1, 0.15) is 23.0 Å². The zero-order valence-electron chi connectivity index (χ0n) is 24.7. The summed E-state index contributed by atoms with van der Waals surface area (Å²) in [5.74, 6) is 1.81. The highest BCUT2D eigenvalue weighted by Crippen LogP contribution is 2.39. The van der Waals surface area contributed by atoms with Crippen LogP contribution >= 0.6 is 0 Å². The van der Waals surface area contributed by atoms with E-state index in [2.05, 4.69) is 52.1 Å². The molecule has 1 N–H and O–H groups in total. The quantitative estimate of drug-likeness (QED) is 0.233. The third-order valence-electron chi connectivity index (χ3n) is 7.70. The van der Waals surface area contributed by atoms with Gasteiger partial charge in [-0.2, -0.15) is 5.10 Å². The van der Waals surface area contributed by atoms with Crippen molar-refractivity contribution in [1.29, 1.82) is 0 Å². The molecule has 0 aliphatic carbocycles. The fraction of sp³-hybridized carbons (Fsp3) is 0.655. The first-order chi connectivity index (χ1) is 18.5. The molecule has 3 heterocycles. The number of aliphatic hydroxyl groups is 1. The molecule has 0 spiro atoms. The number of aromatic nitrogens is 4. The Labute approximate surface area is 233 Å². The molecule has 0 bridgehead atoms. The smallest absolute Gasteiger partial charge is 0.250 e. The molecule has 10 heteroatoms. The van der Waals surface area contributed by atoms with Crippen LogP contribution in [0, 0.1) is 0 Å². The monoisotopic (exact) mass is 558 g/mol. The molecule has 39 heavy (non-hydrogen) atoms. The molecule has 0 saturated carbocycles. The van der Waals surface area contributed by atoms with E-state index in [0.717, 1.165) is 59.7 Å². The lowest BCUT2D eigenvalue weighted by Crippen LogP contribution is -2.43. The van der Waals surface area contributed by atoms with Crippen LogP contribution in [-0.4, -0.2) is 71.9 Å². The number of hydrogen-bond donors (Lipinski definition) is 1. The van der Waals surface area contributed by atoms with Gasteiger partial charge in [-0.15, -0.1) is 0 Å². The molecule has 4 rings (SSSR count). The number of rotatable bonds is 12. The van der Waals surface area contributed by atoms with Gasteiger partial charge in [0.2, 0.25) is 8.32 Å². The minimum atomic E-state index is -2.00. The zero-order chi connectivity index (χ0) is 28.2. The van der Waals surface area contributed by atoms with E-state index in [-0.39, 0.29) is 11.3 Å². The average molecular weight is 559 g/mol. The van der Waals surface area contributed by atoms with E-state index < -0.39 is 14.4 Å². The Kier molecular flexibility index (Phi) is 9.54. The molecule has 9 nitrogen and oxygen atoms in total. The van der Waals surface area contributed by atoms with E-state index in [1.807, 2.05) is 22.5 Å². The van der Waals surface area contributed by atoms with Gasteiger partial charge in [-0.25, -0.2) is 9.67 Å². The molecule has 1 aliphatic rings. The summed E-state index contributed by atoms with van der Waals surface area (Å²) in [7, 11) is 0.00704. The lowest BCUT2D eigenvalue weighted by Gasteiger charge is -2.36. The van der Waals surface area contributed by atoms with E-state index in [9.17, 15) is 5.11 Å². The molecule has 216 valence electrons. The predicted molar refractivity (Wildman–Crippen MR) is 156 cm³/mol. The van der Waals surface area contributed by atoms with Crippen LogP contribution in [0.3, 0.4) is 0 Å². The Morgan fingerprint density at radius 3 is 2.62 bits per heavy atom. The summed E-state index contributed by atoms with van der Waals surface area (Å²) >= 11 is 0. The van der Waals surface area contributed by atoms with Crippen molar-refractivity contribution in [2.75, 3.05) is 33.0 Å². The van der Waals surface area contributed by atoms with Crippen LogP contribution in [0.25, 0.3) is 22.3 Å². The predicted octanol–water partition coefficient (Wildman–Crippen LogP) is 5.48. The van der Waals surface area contributed by atoms with Crippen LogP contribution in [0.2, 0.25) is 18.1 Å². The Morgan fingerprint density at radius 1 is 1.15 bits per heavy atom. The maximum Gasteiger partial charge on any atom is 0.250 e. The summed E-state index contributed by atoms with van der Waals surface area (Å²) in [5, 5.41) is 15.5. The van der Waals surface area contributed by atoms with E-state index in [0.29, 0.717) is 32.8 Å². The maximum atomic E-state index is 9.27. The molecule has 2 atom stereocenters. The van der Waals surface area contributed by atoms with Gasteiger partial charge in [0, 0.05) is 31.7 Å². The van der Waals surface area contributed by atoms with Gasteiger partial charge in [-0.3, -0.25) is 0 Å². The fourth-order valence-corrected chi connectivity index (χ4v) is 5.47. The average Bonchev–Trinajstić information content (AvgIpc) is 3.43. The number of fused-ring (bicyclic) bond motifs is 1. The van der Waals surface area contributed by atoms with Crippen molar-refractivity contribution in [2.45, 2.75) is 83.8 Å². The Morgan fingerprint density at radius 2 is 1.92 bits per heavy atom. The Bertz CT molecular complexity index is 1220. The summed E-state index contributed by atoms with van der Waals surface area (Å²) < 4.78 is 27.9. The van der Waals surface area contributed by atoms with Gasteiger partial charge in [0.15, 0.2) is 6.23 Å². The van der Waals surface area contributed by atoms with Crippen molar-refractivity contribution in [2.24, 2.45) is 7.05 Å². The first-order valence-electron chi connectivity index (χ1n) is 14.2. The van der Waals surface area contributed by atoms with Crippen molar-refractivity contribution in [1.82, 2.24) is 19.3 Å². The lowest BCUT2D eigenvalue weighted by molar-refractivity contribution is -0.0365. The van der Waals surface area contributed by atoms with E-state index in [1.165, 1.54) is 0 Å².